The maximum atomic E-state index is 12.1. The van der Waals surface area contributed by atoms with E-state index < -0.39 is 12.8 Å². The van der Waals surface area contributed by atoms with Crippen LogP contribution in [0.1, 0.15) is 30.4 Å². The first-order valence-electron chi connectivity index (χ1n) is 9.28. The van der Waals surface area contributed by atoms with Gasteiger partial charge in [-0.1, -0.05) is 30.7 Å². The van der Waals surface area contributed by atoms with E-state index in [0.717, 1.165) is 37.4 Å². The summed E-state index contributed by atoms with van der Waals surface area (Å²) in [5.41, 5.74) is 1.88. The van der Waals surface area contributed by atoms with Crippen molar-refractivity contribution >= 4 is 0 Å². The zero-order valence-electron chi connectivity index (χ0n) is 14.9. The molecule has 2 N–H and O–H groups in total. The minimum Gasteiger partial charge on any atom is -0.379 e. The van der Waals surface area contributed by atoms with Crippen LogP contribution in [0, 0.1) is 5.92 Å². The fraction of sp³-hybridized carbons (Fsp3) is 0.684. The highest BCUT2D eigenvalue weighted by atomic mass is 19.4. The Hall–Kier alpha value is -1.15. The predicted molar refractivity (Wildman–Crippen MR) is 92.7 cm³/mol. The summed E-state index contributed by atoms with van der Waals surface area (Å²) in [4.78, 5) is 0. The molecule has 1 saturated heterocycles. The molecule has 0 radical (unpaired) electrons. The monoisotopic (exact) mass is 372 g/mol. The number of hydrogen-bond donors (Lipinski definition) is 2. The quantitative estimate of drug-likeness (QED) is 0.772. The van der Waals surface area contributed by atoms with Gasteiger partial charge in [-0.05, 0) is 29.9 Å². The molecule has 2 fully saturated rings. The number of halogens is 3. The largest absolute Gasteiger partial charge is 0.411 e. The maximum absolute atomic E-state index is 12.1. The van der Waals surface area contributed by atoms with Crippen molar-refractivity contribution in [2.24, 2.45) is 5.92 Å². The van der Waals surface area contributed by atoms with Gasteiger partial charge in [0.15, 0.2) is 0 Å². The van der Waals surface area contributed by atoms with Crippen molar-refractivity contribution in [2.45, 2.75) is 50.7 Å². The average molecular weight is 372 g/mol. The normalized spacial score (nSPS) is 27.0. The Morgan fingerprint density at radius 3 is 2.62 bits per heavy atom. The lowest BCUT2D eigenvalue weighted by Crippen LogP contribution is -2.50. The fourth-order valence-corrected chi connectivity index (χ4v) is 3.87. The first-order valence-corrected chi connectivity index (χ1v) is 9.28. The van der Waals surface area contributed by atoms with E-state index in [9.17, 15) is 13.2 Å². The number of benzene rings is 1. The molecule has 7 heteroatoms. The Morgan fingerprint density at radius 2 is 1.92 bits per heavy atom. The lowest BCUT2D eigenvalue weighted by atomic mass is 9.94. The van der Waals surface area contributed by atoms with E-state index in [1.165, 1.54) is 19.3 Å². The number of ether oxygens (including phenoxy) is 2. The molecule has 0 aromatic heterocycles. The van der Waals surface area contributed by atoms with E-state index >= 15 is 0 Å². The highest BCUT2D eigenvalue weighted by molar-refractivity contribution is 5.22. The van der Waals surface area contributed by atoms with Gasteiger partial charge in [0, 0.05) is 25.2 Å². The zero-order chi connectivity index (χ0) is 18.4. The summed E-state index contributed by atoms with van der Waals surface area (Å²) in [7, 11) is 0. The SMILES string of the molecule is FC(F)(F)COCc1ccc(CNC2CCCC2C2COCCN2)cc1. The van der Waals surface area contributed by atoms with E-state index in [1.54, 1.807) is 0 Å². The standard InChI is InChI=1S/C19H27F3N2O2/c20-19(21,22)13-26-11-15-6-4-14(5-7-15)10-24-17-3-1-2-16(17)18-12-25-9-8-23-18/h4-7,16-18,23-24H,1-3,8-13H2. The molecule has 146 valence electrons. The van der Waals surface area contributed by atoms with E-state index in [0.29, 0.717) is 18.0 Å². The van der Waals surface area contributed by atoms with Crippen LogP contribution >= 0.6 is 0 Å². The number of nitrogens with one attached hydrogen (secondary N) is 2. The van der Waals surface area contributed by atoms with Crippen molar-refractivity contribution < 1.29 is 22.6 Å². The predicted octanol–water partition coefficient (Wildman–Crippen LogP) is 3.01. The van der Waals surface area contributed by atoms with Crippen LogP contribution in [-0.4, -0.2) is 44.6 Å². The summed E-state index contributed by atoms with van der Waals surface area (Å²) >= 11 is 0. The van der Waals surface area contributed by atoms with Crippen LogP contribution in [0.15, 0.2) is 24.3 Å². The van der Waals surface area contributed by atoms with Gasteiger partial charge in [-0.15, -0.1) is 0 Å². The number of hydrogen-bond acceptors (Lipinski definition) is 4. The first kappa shape index (κ1) is 19.6. The number of morpholine rings is 1. The minimum absolute atomic E-state index is 0.0226. The summed E-state index contributed by atoms with van der Waals surface area (Å²) < 4.78 is 46.6. The van der Waals surface area contributed by atoms with E-state index in [4.69, 9.17) is 4.74 Å². The lowest BCUT2D eigenvalue weighted by Gasteiger charge is -2.33. The van der Waals surface area contributed by atoms with E-state index in [-0.39, 0.29) is 6.61 Å². The molecule has 0 spiro atoms. The first-order chi connectivity index (χ1) is 12.5. The molecule has 0 bridgehead atoms. The van der Waals surface area contributed by atoms with Crippen molar-refractivity contribution in [3.63, 3.8) is 0 Å². The minimum atomic E-state index is -4.28. The van der Waals surface area contributed by atoms with Crippen LogP contribution in [0.5, 0.6) is 0 Å². The maximum Gasteiger partial charge on any atom is 0.411 e. The molecule has 3 atom stereocenters. The van der Waals surface area contributed by atoms with Gasteiger partial charge < -0.3 is 20.1 Å². The van der Waals surface area contributed by atoms with E-state index in [2.05, 4.69) is 15.4 Å². The van der Waals surface area contributed by atoms with Crippen molar-refractivity contribution in [3.8, 4) is 0 Å². The van der Waals surface area contributed by atoms with Gasteiger partial charge in [-0.3, -0.25) is 0 Å². The molecule has 3 rings (SSSR count). The highest BCUT2D eigenvalue weighted by Crippen LogP contribution is 2.29. The molecule has 0 amide bonds. The van der Waals surface area contributed by atoms with Gasteiger partial charge in [0.1, 0.15) is 6.61 Å². The Balaban J connectivity index is 1.44. The van der Waals surface area contributed by atoms with Crippen molar-refractivity contribution in [3.05, 3.63) is 35.4 Å². The second kappa shape index (κ2) is 9.17. The molecule has 1 aromatic carbocycles. The average Bonchev–Trinajstić information content (AvgIpc) is 3.09. The fourth-order valence-electron chi connectivity index (χ4n) is 3.87. The topological polar surface area (TPSA) is 42.5 Å². The van der Waals surface area contributed by atoms with Crippen LogP contribution < -0.4 is 10.6 Å². The second-order valence-corrected chi connectivity index (χ2v) is 7.14. The van der Waals surface area contributed by atoms with Crippen molar-refractivity contribution in [1.82, 2.24) is 10.6 Å². The van der Waals surface area contributed by atoms with Crippen LogP contribution in [0.2, 0.25) is 0 Å². The second-order valence-electron chi connectivity index (χ2n) is 7.14. The third kappa shape index (κ3) is 5.94. The van der Waals surface area contributed by atoms with Gasteiger partial charge in [0.05, 0.1) is 19.8 Å². The van der Waals surface area contributed by atoms with Gasteiger partial charge in [-0.2, -0.15) is 13.2 Å². The highest BCUT2D eigenvalue weighted by Gasteiger charge is 2.34. The summed E-state index contributed by atoms with van der Waals surface area (Å²) in [5, 5.41) is 7.22. The van der Waals surface area contributed by atoms with Crippen LogP contribution in [-0.2, 0) is 22.6 Å². The Bertz CT molecular complexity index is 545. The summed E-state index contributed by atoms with van der Waals surface area (Å²) in [6.07, 6.45) is -0.656. The molecular weight excluding hydrogens is 345 g/mol. The van der Waals surface area contributed by atoms with Crippen molar-refractivity contribution in [2.75, 3.05) is 26.4 Å². The molecule has 1 saturated carbocycles. The zero-order valence-corrected chi connectivity index (χ0v) is 14.9. The number of rotatable bonds is 7. The molecule has 1 aliphatic carbocycles. The molecule has 1 heterocycles. The van der Waals surface area contributed by atoms with Crippen LogP contribution in [0.3, 0.4) is 0 Å². The lowest BCUT2D eigenvalue weighted by molar-refractivity contribution is -0.176. The Labute approximate surface area is 152 Å². The molecule has 1 aliphatic heterocycles. The van der Waals surface area contributed by atoms with Gasteiger partial charge in [0.25, 0.3) is 0 Å². The van der Waals surface area contributed by atoms with Gasteiger partial charge >= 0.3 is 6.18 Å². The number of alkyl halides is 3. The summed E-state index contributed by atoms with van der Waals surface area (Å²) in [6.45, 7) is 2.03. The third-order valence-corrected chi connectivity index (χ3v) is 5.16. The van der Waals surface area contributed by atoms with Crippen molar-refractivity contribution in [1.29, 1.82) is 0 Å². The molecule has 3 unspecified atom stereocenters. The third-order valence-electron chi connectivity index (χ3n) is 5.16. The Morgan fingerprint density at radius 1 is 1.15 bits per heavy atom. The van der Waals surface area contributed by atoms with Crippen LogP contribution in [0.25, 0.3) is 0 Å². The molecule has 2 aliphatic rings. The van der Waals surface area contributed by atoms with E-state index in [1.807, 2.05) is 24.3 Å². The summed E-state index contributed by atoms with van der Waals surface area (Å²) in [6, 6.07) is 8.46. The molecule has 1 aromatic rings. The Kier molecular flexibility index (Phi) is 6.92. The molecule has 4 nitrogen and oxygen atoms in total. The van der Waals surface area contributed by atoms with Gasteiger partial charge in [0.2, 0.25) is 0 Å². The summed E-state index contributed by atoms with van der Waals surface area (Å²) in [5.74, 6) is 0.588. The molecular formula is C19H27F3N2O2. The smallest absolute Gasteiger partial charge is 0.379 e. The van der Waals surface area contributed by atoms with Crippen LogP contribution in [0.4, 0.5) is 13.2 Å². The van der Waals surface area contributed by atoms with Gasteiger partial charge in [-0.25, -0.2) is 0 Å². The molecule has 26 heavy (non-hydrogen) atoms.